The molecule has 2 aliphatic rings. The second-order valence-electron chi connectivity index (χ2n) is 12.2. The molecule has 3 aromatic rings. The molecule has 1 saturated carbocycles. The highest BCUT2D eigenvalue weighted by Gasteiger charge is 2.68. The molecule has 3 aromatic carbocycles. The number of carbonyl (C=O) groups excluding carboxylic acids is 1. The smallest absolute Gasteiger partial charge is 0.310 e. The van der Waals surface area contributed by atoms with Crippen LogP contribution < -0.4 is 9.47 Å². The van der Waals surface area contributed by atoms with Crippen molar-refractivity contribution >= 4 is 5.97 Å². The zero-order chi connectivity index (χ0) is 27.9. The quantitative estimate of drug-likeness (QED) is 0.280. The Kier molecular flexibility index (Phi) is 7.21. The van der Waals surface area contributed by atoms with E-state index in [1.807, 2.05) is 25.1 Å². The van der Waals surface area contributed by atoms with Crippen LogP contribution in [0.2, 0.25) is 0 Å². The lowest BCUT2D eigenvalue weighted by Gasteiger charge is -2.22. The summed E-state index contributed by atoms with van der Waals surface area (Å²) in [7, 11) is 1.59. The fourth-order valence-electron chi connectivity index (χ4n) is 6.57. The Bertz CT molecular complexity index is 1390. The van der Waals surface area contributed by atoms with Crippen molar-refractivity contribution in [3.8, 4) is 22.6 Å². The molecule has 0 bridgehead atoms. The summed E-state index contributed by atoms with van der Waals surface area (Å²) < 4.78 is 31.9. The van der Waals surface area contributed by atoms with Gasteiger partial charge in [0.05, 0.1) is 19.6 Å². The van der Waals surface area contributed by atoms with Gasteiger partial charge in [-0.15, -0.1) is 0 Å². The van der Waals surface area contributed by atoms with E-state index >= 15 is 0 Å². The largest absolute Gasteiger partial charge is 0.497 e. The minimum absolute atomic E-state index is 0.0221. The topological polar surface area (TPSA) is 44.8 Å². The van der Waals surface area contributed by atoms with Crippen LogP contribution in [-0.2, 0) is 34.4 Å². The molecule has 0 aliphatic heterocycles. The van der Waals surface area contributed by atoms with E-state index in [9.17, 15) is 9.18 Å². The number of hydrogen-bond acceptors (Lipinski definition) is 4. The Balaban J connectivity index is 1.39. The number of esters is 1. The van der Waals surface area contributed by atoms with E-state index < -0.39 is 0 Å². The van der Waals surface area contributed by atoms with Gasteiger partial charge >= 0.3 is 5.97 Å². The van der Waals surface area contributed by atoms with Crippen LogP contribution in [0.25, 0.3) is 11.1 Å². The molecule has 3 atom stereocenters. The SMILES string of the molecule is CCOC(=O)C1C(C)C12CCc1ccc(OCc3ccc(-c4cc(OC)ccc4F)c(CC(C)(C)C)c3)cc12. The summed E-state index contributed by atoms with van der Waals surface area (Å²) in [6.07, 6.45) is 2.75. The minimum atomic E-state index is -0.266. The number of carbonyl (C=O) groups is 1. The number of benzene rings is 3. The Hall–Kier alpha value is -3.34. The van der Waals surface area contributed by atoms with Gasteiger partial charge in [0.15, 0.2) is 0 Å². The van der Waals surface area contributed by atoms with Crippen molar-refractivity contribution in [1.82, 2.24) is 0 Å². The molecule has 0 heterocycles. The first-order valence-electron chi connectivity index (χ1n) is 14.0. The second-order valence-corrected chi connectivity index (χ2v) is 12.2. The molecule has 4 nitrogen and oxygen atoms in total. The summed E-state index contributed by atoms with van der Waals surface area (Å²) in [5.74, 6) is 1.29. The van der Waals surface area contributed by atoms with Crippen molar-refractivity contribution in [1.29, 1.82) is 0 Å². The molecule has 0 saturated heterocycles. The van der Waals surface area contributed by atoms with Crippen molar-refractivity contribution in [2.24, 2.45) is 17.3 Å². The number of fused-ring (bicyclic) bond motifs is 2. The summed E-state index contributed by atoms with van der Waals surface area (Å²) in [6.45, 7) is 11.4. The first-order valence-corrected chi connectivity index (χ1v) is 14.0. The molecular formula is C34H39FO4. The van der Waals surface area contributed by atoms with Crippen LogP contribution in [0.3, 0.4) is 0 Å². The van der Waals surface area contributed by atoms with Crippen LogP contribution in [0.4, 0.5) is 4.39 Å². The molecule has 206 valence electrons. The van der Waals surface area contributed by atoms with Crippen molar-refractivity contribution in [3.05, 3.63) is 82.7 Å². The predicted molar refractivity (Wildman–Crippen MR) is 152 cm³/mol. The maximum Gasteiger partial charge on any atom is 0.310 e. The molecule has 1 spiro atoms. The van der Waals surface area contributed by atoms with Gasteiger partial charge in [0, 0.05) is 11.0 Å². The van der Waals surface area contributed by atoms with E-state index in [4.69, 9.17) is 14.2 Å². The average Bonchev–Trinajstić information content (AvgIpc) is 3.31. The van der Waals surface area contributed by atoms with E-state index in [-0.39, 0.29) is 34.5 Å². The van der Waals surface area contributed by atoms with Gasteiger partial charge in [0.1, 0.15) is 23.9 Å². The van der Waals surface area contributed by atoms with Gasteiger partial charge in [-0.3, -0.25) is 4.79 Å². The zero-order valence-corrected chi connectivity index (χ0v) is 23.9. The Labute approximate surface area is 231 Å². The lowest BCUT2D eigenvalue weighted by Crippen LogP contribution is -2.15. The van der Waals surface area contributed by atoms with Crippen molar-refractivity contribution < 1.29 is 23.4 Å². The van der Waals surface area contributed by atoms with Crippen LogP contribution in [0, 0.1) is 23.1 Å². The molecule has 0 amide bonds. The Morgan fingerprint density at radius 2 is 1.79 bits per heavy atom. The summed E-state index contributed by atoms with van der Waals surface area (Å²) in [6, 6.07) is 17.3. The zero-order valence-electron chi connectivity index (χ0n) is 23.9. The third kappa shape index (κ3) is 5.16. The van der Waals surface area contributed by atoms with E-state index in [1.165, 1.54) is 17.2 Å². The number of ether oxygens (including phenoxy) is 3. The monoisotopic (exact) mass is 530 g/mol. The van der Waals surface area contributed by atoms with E-state index in [0.717, 1.165) is 41.7 Å². The second kappa shape index (κ2) is 10.3. The molecule has 2 aliphatic carbocycles. The fourth-order valence-corrected chi connectivity index (χ4v) is 6.57. The van der Waals surface area contributed by atoms with Crippen molar-refractivity contribution in [2.45, 2.75) is 65.9 Å². The molecule has 5 rings (SSSR count). The lowest BCUT2D eigenvalue weighted by atomic mass is 9.84. The molecular weight excluding hydrogens is 491 g/mol. The van der Waals surface area contributed by atoms with Gasteiger partial charge < -0.3 is 14.2 Å². The summed E-state index contributed by atoms with van der Waals surface area (Å²) in [5, 5.41) is 0. The predicted octanol–water partition coefficient (Wildman–Crippen LogP) is 7.68. The first-order chi connectivity index (χ1) is 18.6. The van der Waals surface area contributed by atoms with Gasteiger partial charge in [0.2, 0.25) is 0 Å². The average molecular weight is 531 g/mol. The maximum atomic E-state index is 14.9. The summed E-state index contributed by atoms with van der Waals surface area (Å²) >= 11 is 0. The molecule has 0 N–H and O–H groups in total. The van der Waals surface area contributed by atoms with Crippen molar-refractivity contribution in [2.75, 3.05) is 13.7 Å². The van der Waals surface area contributed by atoms with Crippen LogP contribution in [0.5, 0.6) is 11.5 Å². The number of methoxy groups -OCH3 is 1. The lowest BCUT2D eigenvalue weighted by molar-refractivity contribution is -0.145. The van der Waals surface area contributed by atoms with E-state index in [2.05, 4.69) is 45.9 Å². The number of rotatable bonds is 8. The molecule has 3 unspecified atom stereocenters. The minimum Gasteiger partial charge on any atom is -0.497 e. The standard InChI is InChI=1S/C34H39FO4/c1-7-38-32(36)31-21(2)34(31)15-14-23-9-10-26(18-29(23)34)39-20-22-8-12-27(24(16-22)19-33(3,4)5)28-17-25(37-6)11-13-30(28)35/h8-13,16-18,21,31H,7,14-15,19-20H2,1-6H3. The molecule has 0 radical (unpaired) electrons. The van der Waals surface area contributed by atoms with Crippen LogP contribution in [0.1, 0.15) is 63.3 Å². The number of hydrogen-bond donors (Lipinski definition) is 0. The fraction of sp³-hybridized carbons (Fsp3) is 0.441. The van der Waals surface area contributed by atoms with Gasteiger partial charge in [0.25, 0.3) is 0 Å². The molecule has 5 heteroatoms. The Morgan fingerprint density at radius 3 is 2.51 bits per heavy atom. The third-order valence-corrected chi connectivity index (χ3v) is 8.45. The summed E-state index contributed by atoms with van der Waals surface area (Å²) in [4.78, 5) is 12.6. The van der Waals surface area contributed by atoms with Crippen LogP contribution >= 0.6 is 0 Å². The van der Waals surface area contributed by atoms with Crippen LogP contribution in [0.15, 0.2) is 54.6 Å². The Morgan fingerprint density at radius 1 is 1.03 bits per heavy atom. The summed E-state index contributed by atoms with van der Waals surface area (Å²) in [5.41, 5.74) is 5.96. The normalized spacial score (nSPS) is 21.5. The first kappa shape index (κ1) is 27.2. The van der Waals surface area contributed by atoms with Gasteiger partial charge in [-0.1, -0.05) is 52.0 Å². The molecule has 0 aromatic heterocycles. The maximum absolute atomic E-state index is 14.9. The van der Waals surface area contributed by atoms with Gasteiger partial charge in [-0.05, 0) is 95.7 Å². The third-order valence-electron chi connectivity index (χ3n) is 8.45. The van der Waals surface area contributed by atoms with Gasteiger partial charge in [-0.25, -0.2) is 4.39 Å². The van der Waals surface area contributed by atoms with E-state index in [0.29, 0.717) is 24.5 Å². The van der Waals surface area contributed by atoms with Crippen LogP contribution in [-0.4, -0.2) is 19.7 Å². The highest BCUT2D eigenvalue weighted by Crippen LogP contribution is 2.66. The van der Waals surface area contributed by atoms with Crippen molar-refractivity contribution in [3.63, 3.8) is 0 Å². The highest BCUT2D eigenvalue weighted by atomic mass is 19.1. The van der Waals surface area contributed by atoms with Gasteiger partial charge in [-0.2, -0.15) is 0 Å². The molecule has 39 heavy (non-hydrogen) atoms. The molecule has 1 fully saturated rings. The van der Waals surface area contributed by atoms with E-state index in [1.54, 1.807) is 19.2 Å². The number of aryl methyl sites for hydroxylation is 1. The number of halogens is 1. The highest BCUT2D eigenvalue weighted by molar-refractivity contribution is 5.81.